The first-order valence-electron chi connectivity index (χ1n) is 6.93. The first kappa shape index (κ1) is 14.8. The maximum atomic E-state index is 12.8. The third-order valence-corrected chi connectivity index (χ3v) is 3.61. The van der Waals surface area contributed by atoms with Crippen molar-refractivity contribution in [3.8, 4) is 0 Å². The van der Waals surface area contributed by atoms with Gasteiger partial charge in [-0.3, -0.25) is 4.90 Å². The molecule has 0 radical (unpaired) electrons. The van der Waals surface area contributed by atoms with Gasteiger partial charge in [0.25, 0.3) is 0 Å². The Morgan fingerprint density at radius 3 is 2.15 bits per heavy atom. The fourth-order valence-electron chi connectivity index (χ4n) is 2.32. The average Bonchev–Trinajstić information content (AvgIpc) is 2.40. The van der Waals surface area contributed by atoms with Gasteiger partial charge in [0.15, 0.2) is 0 Å². The standard InChI is InChI=1S/C15H22FN3O/c1-15(2,3)19-10-8-18(9-11-19)14(20)17-13-6-4-12(16)5-7-13/h4-7H,8-11H2,1-3H3,(H,17,20). The summed E-state index contributed by atoms with van der Waals surface area (Å²) < 4.78 is 12.8. The topological polar surface area (TPSA) is 35.6 Å². The summed E-state index contributed by atoms with van der Waals surface area (Å²) in [6.07, 6.45) is 0. The number of amides is 2. The van der Waals surface area contributed by atoms with Crippen molar-refractivity contribution < 1.29 is 9.18 Å². The summed E-state index contributed by atoms with van der Waals surface area (Å²) in [6, 6.07) is 5.70. The third-order valence-electron chi connectivity index (χ3n) is 3.61. The van der Waals surface area contributed by atoms with Gasteiger partial charge in [-0.25, -0.2) is 9.18 Å². The molecule has 0 spiro atoms. The molecule has 1 N–H and O–H groups in total. The number of hydrogen-bond donors (Lipinski definition) is 1. The van der Waals surface area contributed by atoms with Crippen LogP contribution in [0.4, 0.5) is 14.9 Å². The van der Waals surface area contributed by atoms with Gasteiger partial charge in [0, 0.05) is 37.4 Å². The molecule has 1 fully saturated rings. The lowest BCUT2D eigenvalue weighted by molar-refractivity contribution is 0.0774. The lowest BCUT2D eigenvalue weighted by Crippen LogP contribution is -2.55. The first-order valence-corrected chi connectivity index (χ1v) is 6.93. The SMILES string of the molecule is CC(C)(C)N1CCN(C(=O)Nc2ccc(F)cc2)CC1. The number of halogens is 1. The predicted octanol–water partition coefficient (Wildman–Crippen LogP) is 2.77. The molecule has 1 aromatic rings. The highest BCUT2D eigenvalue weighted by molar-refractivity contribution is 5.89. The molecule has 1 aliphatic heterocycles. The van der Waals surface area contributed by atoms with Gasteiger partial charge in [-0.2, -0.15) is 0 Å². The van der Waals surface area contributed by atoms with Gasteiger partial charge >= 0.3 is 6.03 Å². The number of rotatable bonds is 1. The Kier molecular flexibility index (Phi) is 4.28. The number of hydrogen-bond acceptors (Lipinski definition) is 2. The van der Waals surface area contributed by atoms with Crippen molar-refractivity contribution in [1.29, 1.82) is 0 Å². The minimum atomic E-state index is -0.304. The predicted molar refractivity (Wildman–Crippen MR) is 78.3 cm³/mol. The van der Waals surface area contributed by atoms with Gasteiger partial charge in [0.2, 0.25) is 0 Å². The average molecular weight is 279 g/mol. The molecule has 0 atom stereocenters. The molecule has 2 rings (SSSR count). The van der Waals surface area contributed by atoms with Crippen LogP contribution in [0.3, 0.4) is 0 Å². The van der Waals surface area contributed by atoms with Crippen LogP contribution in [0.15, 0.2) is 24.3 Å². The number of carbonyl (C=O) groups excluding carboxylic acids is 1. The van der Waals surface area contributed by atoms with Gasteiger partial charge < -0.3 is 10.2 Å². The molecule has 1 heterocycles. The molecule has 0 aliphatic carbocycles. The van der Waals surface area contributed by atoms with E-state index < -0.39 is 0 Å². The largest absolute Gasteiger partial charge is 0.322 e. The van der Waals surface area contributed by atoms with Crippen LogP contribution in [0.5, 0.6) is 0 Å². The van der Waals surface area contributed by atoms with Crippen LogP contribution in [0.1, 0.15) is 20.8 Å². The minimum Gasteiger partial charge on any atom is -0.322 e. The van der Waals surface area contributed by atoms with Crippen molar-refractivity contribution >= 4 is 11.7 Å². The smallest absolute Gasteiger partial charge is 0.321 e. The van der Waals surface area contributed by atoms with Gasteiger partial charge in [-0.15, -0.1) is 0 Å². The highest BCUT2D eigenvalue weighted by Crippen LogP contribution is 2.16. The summed E-state index contributed by atoms with van der Waals surface area (Å²) in [4.78, 5) is 16.3. The fraction of sp³-hybridized carbons (Fsp3) is 0.533. The van der Waals surface area contributed by atoms with Crippen LogP contribution in [0, 0.1) is 5.82 Å². The summed E-state index contributed by atoms with van der Waals surface area (Å²) in [5, 5.41) is 2.79. The highest BCUT2D eigenvalue weighted by Gasteiger charge is 2.27. The van der Waals surface area contributed by atoms with E-state index >= 15 is 0 Å². The van der Waals surface area contributed by atoms with E-state index in [0.29, 0.717) is 18.8 Å². The number of urea groups is 1. The Labute approximate surface area is 119 Å². The van der Waals surface area contributed by atoms with Crippen LogP contribution in [-0.4, -0.2) is 47.5 Å². The van der Waals surface area contributed by atoms with E-state index in [2.05, 4.69) is 31.0 Å². The summed E-state index contributed by atoms with van der Waals surface area (Å²) in [5.74, 6) is -0.304. The quantitative estimate of drug-likeness (QED) is 0.858. The van der Waals surface area contributed by atoms with Gasteiger partial charge in [-0.05, 0) is 45.0 Å². The molecule has 5 heteroatoms. The van der Waals surface area contributed by atoms with E-state index in [1.54, 1.807) is 17.0 Å². The Balaban J connectivity index is 1.87. The number of nitrogens with one attached hydrogen (secondary N) is 1. The van der Waals surface area contributed by atoms with E-state index in [-0.39, 0.29) is 17.4 Å². The van der Waals surface area contributed by atoms with Gasteiger partial charge in [-0.1, -0.05) is 0 Å². The molecule has 0 aromatic heterocycles. The Morgan fingerprint density at radius 1 is 1.10 bits per heavy atom. The van der Waals surface area contributed by atoms with Crippen LogP contribution in [0.25, 0.3) is 0 Å². The summed E-state index contributed by atoms with van der Waals surface area (Å²) in [7, 11) is 0. The molecule has 110 valence electrons. The van der Waals surface area contributed by atoms with Crippen LogP contribution in [-0.2, 0) is 0 Å². The van der Waals surface area contributed by atoms with Gasteiger partial charge in [0.05, 0.1) is 0 Å². The fourth-order valence-corrected chi connectivity index (χ4v) is 2.32. The Morgan fingerprint density at radius 2 is 1.65 bits per heavy atom. The second-order valence-electron chi connectivity index (χ2n) is 6.08. The number of benzene rings is 1. The Bertz CT molecular complexity index is 459. The zero-order chi connectivity index (χ0) is 14.8. The summed E-state index contributed by atoms with van der Waals surface area (Å²) in [5.41, 5.74) is 0.758. The van der Waals surface area contributed by atoms with Crippen LogP contribution < -0.4 is 5.32 Å². The molecular formula is C15H22FN3O. The zero-order valence-corrected chi connectivity index (χ0v) is 12.3. The maximum Gasteiger partial charge on any atom is 0.321 e. The van der Waals surface area contributed by atoms with Crippen molar-refractivity contribution in [3.63, 3.8) is 0 Å². The van der Waals surface area contributed by atoms with E-state index in [1.807, 2.05) is 0 Å². The van der Waals surface area contributed by atoms with E-state index in [1.165, 1.54) is 12.1 Å². The molecule has 4 nitrogen and oxygen atoms in total. The number of anilines is 1. The lowest BCUT2D eigenvalue weighted by atomic mass is 10.1. The van der Waals surface area contributed by atoms with E-state index in [4.69, 9.17) is 0 Å². The molecule has 20 heavy (non-hydrogen) atoms. The maximum absolute atomic E-state index is 12.8. The lowest BCUT2D eigenvalue weighted by Gasteiger charge is -2.42. The zero-order valence-electron chi connectivity index (χ0n) is 12.3. The molecule has 2 amide bonds. The van der Waals surface area contributed by atoms with E-state index in [0.717, 1.165) is 13.1 Å². The molecule has 0 saturated carbocycles. The normalized spacial score (nSPS) is 17.1. The van der Waals surface area contributed by atoms with Crippen molar-refractivity contribution in [1.82, 2.24) is 9.80 Å². The minimum absolute atomic E-state index is 0.120. The molecule has 1 aromatic carbocycles. The van der Waals surface area contributed by atoms with Crippen molar-refractivity contribution in [2.24, 2.45) is 0 Å². The van der Waals surface area contributed by atoms with Crippen LogP contribution in [0.2, 0.25) is 0 Å². The highest BCUT2D eigenvalue weighted by atomic mass is 19.1. The summed E-state index contributed by atoms with van der Waals surface area (Å²) >= 11 is 0. The molecule has 1 aliphatic rings. The molecular weight excluding hydrogens is 257 g/mol. The van der Waals surface area contributed by atoms with Crippen molar-refractivity contribution in [3.05, 3.63) is 30.1 Å². The molecule has 0 unspecified atom stereocenters. The van der Waals surface area contributed by atoms with Gasteiger partial charge in [0.1, 0.15) is 5.82 Å². The number of piperazine rings is 1. The first-order chi connectivity index (χ1) is 9.36. The summed E-state index contributed by atoms with van der Waals surface area (Å²) in [6.45, 7) is 9.72. The van der Waals surface area contributed by atoms with Crippen LogP contribution >= 0.6 is 0 Å². The van der Waals surface area contributed by atoms with Crippen molar-refractivity contribution in [2.75, 3.05) is 31.5 Å². The second kappa shape index (κ2) is 5.79. The molecule has 0 bridgehead atoms. The third kappa shape index (κ3) is 3.70. The monoisotopic (exact) mass is 279 g/mol. The van der Waals surface area contributed by atoms with E-state index in [9.17, 15) is 9.18 Å². The Hall–Kier alpha value is -1.62. The number of nitrogens with zero attached hydrogens (tertiary/aromatic N) is 2. The second-order valence-corrected chi connectivity index (χ2v) is 6.08. The van der Waals surface area contributed by atoms with Crippen molar-refractivity contribution in [2.45, 2.75) is 26.3 Å². The number of carbonyl (C=O) groups is 1. The molecule has 1 saturated heterocycles.